The van der Waals surface area contributed by atoms with Gasteiger partial charge in [-0.2, -0.15) is 0 Å². The van der Waals surface area contributed by atoms with Crippen molar-refractivity contribution in [3.63, 3.8) is 0 Å². The Morgan fingerprint density at radius 1 is 1.00 bits per heavy atom. The molecule has 0 bridgehead atoms. The Morgan fingerprint density at radius 2 is 1.73 bits per heavy atom. The van der Waals surface area contributed by atoms with Crippen LogP contribution >= 0.6 is 0 Å². The van der Waals surface area contributed by atoms with Crippen LogP contribution in [-0.2, 0) is 28.9 Å². The number of benzene rings is 3. The molecule has 0 saturated carbocycles. The molecule has 0 fully saturated rings. The summed E-state index contributed by atoms with van der Waals surface area (Å²) in [6.45, 7) is 12.1. The van der Waals surface area contributed by atoms with Gasteiger partial charge in [0.15, 0.2) is 29.2 Å². The van der Waals surface area contributed by atoms with Gasteiger partial charge >= 0.3 is 5.97 Å². The van der Waals surface area contributed by atoms with E-state index < -0.39 is 29.3 Å². The molecular weight excluding hydrogens is 568 g/mol. The van der Waals surface area contributed by atoms with E-state index in [2.05, 4.69) is 0 Å². The van der Waals surface area contributed by atoms with Crippen LogP contribution in [0.1, 0.15) is 82.6 Å². The van der Waals surface area contributed by atoms with Crippen LogP contribution in [-0.4, -0.2) is 47.7 Å². The van der Waals surface area contributed by atoms with E-state index in [1.54, 1.807) is 25.7 Å². The Balaban J connectivity index is 1.74. The van der Waals surface area contributed by atoms with E-state index in [-0.39, 0.29) is 29.5 Å². The molecule has 3 aromatic rings. The van der Waals surface area contributed by atoms with Crippen LogP contribution < -0.4 is 9.47 Å². The van der Waals surface area contributed by atoms with Gasteiger partial charge in [-0.15, -0.1) is 0 Å². The van der Waals surface area contributed by atoms with Gasteiger partial charge in [-0.1, -0.05) is 6.07 Å². The van der Waals surface area contributed by atoms with Crippen molar-refractivity contribution >= 4 is 11.9 Å². The number of fused-ring (bicyclic) bond motifs is 2. The number of para-hydroxylation sites is 1. The molecule has 1 atom stereocenters. The zero-order valence-electron chi connectivity index (χ0n) is 26.3. The fourth-order valence-corrected chi connectivity index (χ4v) is 6.63. The first kappa shape index (κ1) is 31.4. The summed E-state index contributed by atoms with van der Waals surface area (Å²) in [5.41, 5.74) is 5.83. The molecule has 0 aliphatic carbocycles. The Labute approximate surface area is 256 Å². The lowest BCUT2D eigenvalue weighted by Crippen LogP contribution is -2.37. The average Bonchev–Trinajstić information content (AvgIpc) is 2.98. The number of hydrogen-bond acceptors (Lipinski definition) is 5. The number of halogens is 2. The van der Waals surface area contributed by atoms with Gasteiger partial charge in [-0.05, 0) is 118 Å². The highest BCUT2D eigenvalue weighted by Crippen LogP contribution is 2.46. The summed E-state index contributed by atoms with van der Waals surface area (Å²) in [6.07, 6.45) is 0.520. The van der Waals surface area contributed by atoms with E-state index >= 15 is 4.39 Å². The molecule has 0 aromatic heterocycles. The maximum atomic E-state index is 15.6. The second kappa shape index (κ2) is 11.8. The average molecular weight is 608 g/mol. The molecule has 234 valence electrons. The summed E-state index contributed by atoms with van der Waals surface area (Å²) in [4.78, 5) is 28.2. The summed E-state index contributed by atoms with van der Waals surface area (Å²) >= 11 is 0. The molecular formula is C35H39F2NO6. The second-order valence-corrected chi connectivity index (χ2v) is 12.5. The number of methoxy groups -OCH3 is 1. The Kier molecular flexibility index (Phi) is 8.46. The van der Waals surface area contributed by atoms with Crippen molar-refractivity contribution < 1.29 is 37.7 Å². The highest BCUT2D eigenvalue weighted by atomic mass is 19.1. The lowest BCUT2D eigenvalue weighted by atomic mass is 9.78. The number of aliphatic carboxylic acids is 1. The van der Waals surface area contributed by atoms with E-state index in [0.29, 0.717) is 42.7 Å². The molecule has 1 N–H and O–H groups in total. The SMILES string of the molecule is COc1c(F)cccc1C(=O)N1CCc2c(C)c([C@H](OC(C)(C)C)C(=O)O)c(-c3cc(F)c4c(c3C)CCCO4)c(C)c2C1. The van der Waals surface area contributed by atoms with Crippen LogP contribution in [0, 0.1) is 32.4 Å². The summed E-state index contributed by atoms with van der Waals surface area (Å²) in [5, 5.41) is 10.5. The molecule has 9 heteroatoms. The minimum Gasteiger partial charge on any atom is -0.493 e. The number of carboxylic acids is 1. The van der Waals surface area contributed by atoms with Gasteiger partial charge in [0.2, 0.25) is 0 Å². The van der Waals surface area contributed by atoms with Crippen molar-refractivity contribution in [3.8, 4) is 22.6 Å². The molecule has 5 rings (SSSR count). The van der Waals surface area contributed by atoms with E-state index in [0.717, 1.165) is 39.8 Å². The number of carbonyl (C=O) groups excluding carboxylic acids is 1. The van der Waals surface area contributed by atoms with Gasteiger partial charge in [-0.25, -0.2) is 13.6 Å². The lowest BCUT2D eigenvalue weighted by Gasteiger charge is -2.36. The molecule has 7 nitrogen and oxygen atoms in total. The highest BCUT2D eigenvalue weighted by molar-refractivity contribution is 5.97. The molecule has 0 unspecified atom stereocenters. The fraction of sp³-hybridized carbons (Fsp3) is 0.429. The number of carbonyl (C=O) groups is 2. The molecule has 0 saturated heterocycles. The molecule has 2 aliphatic heterocycles. The quantitative estimate of drug-likeness (QED) is 0.324. The summed E-state index contributed by atoms with van der Waals surface area (Å²) in [6, 6.07) is 5.68. The van der Waals surface area contributed by atoms with Crippen molar-refractivity contribution in [2.75, 3.05) is 20.3 Å². The Morgan fingerprint density at radius 3 is 2.39 bits per heavy atom. The molecule has 3 aromatic carbocycles. The third kappa shape index (κ3) is 5.54. The van der Waals surface area contributed by atoms with Crippen molar-refractivity contribution in [2.45, 2.75) is 79.1 Å². The molecule has 1 amide bonds. The van der Waals surface area contributed by atoms with Crippen molar-refractivity contribution in [1.29, 1.82) is 0 Å². The van der Waals surface area contributed by atoms with Crippen molar-refractivity contribution in [3.05, 3.63) is 80.4 Å². The predicted molar refractivity (Wildman–Crippen MR) is 162 cm³/mol. The monoisotopic (exact) mass is 607 g/mol. The van der Waals surface area contributed by atoms with E-state index in [9.17, 15) is 19.1 Å². The fourth-order valence-electron chi connectivity index (χ4n) is 6.63. The highest BCUT2D eigenvalue weighted by Gasteiger charge is 2.37. The van der Waals surface area contributed by atoms with Crippen molar-refractivity contribution in [1.82, 2.24) is 4.90 Å². The van der Waals surface area contributed by atoms with Crippen LogP contribution in [0.25, 0.3) is 11.1 Å². The van der Waals surface area contributed by atoms with Crippen LogP contribution in [0.4, 0.5) is 8.78 Å². The Hall–Kier alpha value is -3.98. The summed E-state index contributed by atoms with van der Waals surface area (Å²) in [7, 11) is 1.33. The number of ether oxygens (including phenoxy) is 3. The Bertz CT molecular complexity index is 1660. The second-order valence-electron chi connectivity index (χ2n) is 12.5. The number of nitrogens with zero attached hydrogens (tertiary/aromatic N) is 1. The minimum atomic E-state index is -1.32. The molecule has 44 heavy (non-hydrogen) atoms. The topological polar surface area (TPSA) is 85.3 Å². The van der Waals surface area contributed by atoms with Crippen LogP contribution in [0.5, 0.6) is 11.5 Å². The lowest BCUT2D eigenvalue weighted by molar-refractivity contribution is -0.160. The largest absolute Gasteiger partial charge is 0.493 e. The van der Waals surface area contributed by atoms with Gasteiger partial charge < -0.3 is 24.2 Å². The zero-order chi connectivity index (χ0) is 32.1. The zero-order valence-corrected chi connectivity index (χ0v) is 26.3. The van der Waals surface area contributed by atoms with Crippen LogP contribution in [0.3, 0.4) is 0 Å². The summed E-state index contributed by atoms with van der Waals surface area (Å²) in [5.74, 6) is -2.51. The molecule has 2 heterocycles. The van der Waals surface area contributed by atoms with Gasteiger partial charge in [0, 0.05) is 24.2 Å². The van der Waals surface area contributed by atoms with Gasteiger partial charge in [0.1, 0.15) is 0 Å². The number of hydrogen-bond donors (Lipinski definition) is 1. The maximum Gasteiger partial charge on any atom is 0.337 e. The van der Waals surface area contributed by atoms with Crippen LogP contribution in [0.2, 0.25) is 0 Å². The first-order valence-electron chi connectivity index (χ1n) is 14.9. The molecule has 0 radical (unpaired) electrons. The first-order valence-corrected chi connectivity index (χ1v) is 14.9. The predicted octanol–water partition coefficient (Wildman–Crippen LogP) is 7.03. The number of rotatable bonds is 6. The van der Waals surface area contributed by atoms with E-state index in [4.69, 9.17) is 14.2 Å². The normalized spacial score (nSPS) is 15.2. The first-order chi connectivity index (χ1) is 20.7. The smallest absolute Gasteiger partial charge is 0.337 e. The van der Waals surface area contributed by atoms with E-state index in [1.165, 1.54) is 31.4 Å². The minimum absolute atomic E-state index is 0.113. The third-order valence-corrected chi connectivity index (χ3v) is 8.65. The van der Waals surface area contributed by atoms with Crippen molar-refractivity contribution in [2.24, 2.45) is 0 Å². The third-order valence-electron chi connectivity index (χ3n) is 8.65. The number of amides is 1. The number of carboxylic acid groups (broad SMARTS) is 1. The standard InChI is InChI=1S/C35H39F2NO6/c1-18-22-11-9-15-43-31(22)27(37)16-24(18)28-20(3)25-17-38(33(39)23-10-8-12-26(36)30(23)42-7)14-13-21(25)19(2)29(28)32(34(40)41)44-35(4,5)6/h8,10,12,16,32H,9,11,13-15,17H2,1-7H3,(H,40,41)/t32-/m0/s1. The molecule has 2 aliphatic rings. The van der Waals surface area contributed by atoms with Gasteiger partial charge in [0.05, 0.1) is 24.9 Å². The van der Waals surface area contributed by atoms with Gasteiger partial charge in [0.25, 0.3) is 5.91 Å². The van der Waals surface area contributed by atoms with Gasteiger partial charge in [-0.3, -0.25) is 4.79 Å². The summed E-state index contributed by atoms with van der Waals surface area (Å²) < 4.78 is 47.2. The van der Waals surface area contributed by atoms with Crippen LogP contribution in [0.15, 0.2) is 24.3 Å². The van der Waals surface area contributed by atoms with E-state index in [1.807, 2.05) is 20.8 Å². The molecule has 0 spiro atoms. The maximum absolute atomic E-state index is 15.6.